The number of hydrogen-bond acceptors (Lipinski definition) is 9. The number of methoxy groups -OCH3 is 1. The predicted molar refractivity (Wildman–Crippen MR) is 131 cm³/mol. The first-order chi connectivity index (χ1) is 15.6. The average molecular weight is 487 g/mol. The van der Waals surface area contributed by atoms with Crippen LogP contribution in [0.25, 0.3) is 20.4 Å². The number of nitrogens with one attached hydrogen (secondary N) is 1. The Bertz CT molecular complexity index is 1470. The molecule has 0 atom stereocenters. The SMILES string of the molecule is COc1cc(CN(C)C(=O)c2sc3[nH]ccc(=O)c3c2N)nc2sc(C(=O)N(C)C)c(N)c12. The van der Waals surface area contributed by atoms with E-state index in [1.165, 1.54) is 40.5 Å². The van der Waals surface area contributed by atoms with Crippen LogP contribution in [0.3, 0.4) is 0 Å². The summed E-state index contributed by atoms with van der Waals surface area (Å²) in [5, 5.41) is 0.880. The van der Waals surface area contributed by atoms with Crippen molar-refractivity contribution >= 4 is 66.3 Å². The largest absolute Gasteiger partial charge is 0.496 e. The van der Waals surface area contributed by atoms with Gasteiger partial charge >= 0.3 is 0 Å². The Labute approximate surface area is 196 Å². The standard InChI is InChI=1S/C21H22N6O4S2/c1-26(2)20(29)16-15(23)13-11(31-4)7-9(25-19(13)33-16)8-27(3)21(30)17-14(22)12-10(28)5-6-24-18(12)32-17/h5-7H,8,22-23H2,1-4H3,(H,24,28). The first-order valence-corrected chi connectivity index (χ1v) is 11.4. The Morgan fingerprint density at radius 1 is 1.09 bits per heavy atom. The first-order valence-electron chi connectivity index (χ1n) is 9.76. The van der Waals surface area contributed by atoms with Crippen LogP contribution in [0.5, 0.6) is 5.75 Å². The van der Waals surface area contributed by atoms with Gasteiger partial charge in [0.1, 0.15) is 25.2 Å². The van der Waals surface area contributed by atoms with Gasteiger partial charge in [-0.05, 0) is 0 Å². The number of nitrogen functional groups attached to an aromatic ring is 2. The number of nitrogens with zero attached hydrogens (tertiary/aromatic N) is 3. The maximum absolute atomic E-state index is 13.1. The highest BCUT2D eigenvalue weighted by molar-refractivity contribution is 7.21. The maximum Gasteiger partial charge on any atom is 0.266 e. The fourth-order valence-corrected chi connectivity index (χ4v) is 5.70. The van der Waals surface area contributed by atoms with E-state index in [1.807, 2.05) is 0 Å². The highest BCUT2D eigenvalue weighted by Crippen LogP contribution is 2.39. The molecule has 0 spiro atoms. The van der Waals surface area contributed by atoms with Crippen molar-refractivity contribution in [1.29, 1.82) is 0 Å². The van der Waals surface area contributed by atoms with Crippen LogP contribution in [0.1, 0.15) is 25.0 Å². The number of hydrogen-bond donors (Lipinski definition) is 3. The fourth-order valence-electron chi connectivity index (χ4n) is 3.45. The van der Waals surface area contributed by atoms with Gasteiger partial charge in [0, 0.05) is 39.5 Å². The summed E-state index contributed by atoms with van der Waals surface area (Å²) in [5.41, 5.74) is 13.1. The van der Waals surface area contributed by atoms with Crippen molar-refractivity contribution in [2.24, 2.45) is 0 Å². The number of fused-ring (bicyclic) bond motifs is 2. The van der Waals surface area contributed by atoms with E-state index in [1.54, 1.807) is 27.2 Å². The summed E-state index contributed by atoms with van der Waals surface area (Å²) >= 11 is 2.31. The lowest BCUT2D eigenvalue weighted by Gasteiger charge is -2.17. The van der Waals surface area contributed by atoms with Gasteiger partial charge in [-0.2, -0.15) is 0 Å². The molecule has 0 saturated carbocycles. The number of thiophene rings is 2. The molecular formula is C21H22N6O4S2. The molecule has 4 heterocycles. The number of pyridine rings is 2. The average Bonchev–Trinajstić information content (AvgIpc) is 3.29. The number of H-pyrrole nitrogens is 1. The minimum absolute atomic E-state index is 0.154. The van der Waals surface area contributed by atoms with Crippen molar-refractivity contribution in [3.8, 4) is 5.75 Å². The molecule has 0 aliphatic rings. The van der Waals surface area contributed by atoms with E-state index in [4.69, 9.17) is 16.2 Å². The monoisotopic (exact) mass is 486 g/mol. The third-order valence-electron chi connectivity index (χ3n) is 5.12. The Morgan fingerprint density at radius 2 is 1.76 bits per heavy atom. The first kappa shape index (κ1) is 22.6. The molecule has 172 valence electrons. The molecule has 0 bridgehead atoms. The van der Waals surface area contributed by atoms with Crippen molar-refractivity contribution in [2.45, 2.75) is 6.54 Å². The molecule has 2 amide bonds. The lowest BCUT2D eigenvalue weighted by molar-refractivity contribution is 0.0788. The Morgan fingerprint density at radius 3 is 2.39 bits per heavy atom. The topological polar surface area (TPSA) is 148 Å². The molecule has 0 unspecified atom stereocenters. The van der Waals surface area contributed by atoms with E-state index in [9.17, 15) is 14.4 Å². The summed E-state index contributed by atoms with van der Waals surface area (Å²) in [6.07, 6.45) is 1.52. The fraction of sp³-hybridized carbons (Fsp3) is 0.238. The minimum atomic E-state index is -0.337. The molecule has 4 aromatic rings. The number of aromatic amines is 1. The van der Waals surface area contributed by atoms with Crippen LogP contribution in [-0.4, -0.2) is 59.8 Å². The summed E-state index contributed by atoms with van der Waals surface area (Å²) in [4.78, 5) is 49.9. The number of ether oxygens (including phenoxy) is 1. The third kappa shape index (κ3) is 3.76. The van der Waals surface area contributed by atoms with Gasteiger partial charge in [0.25, 0.3) is 11.8 Å². The van der Waals surface area contributed by atoms with E-state index < -0.39 is 0 Å². The predicted octanol–water partition coefficient (Wildman–Crippen LogP) is 2.35. The smallest absolute Gasteiger partial charge is 0.266 e. The van der Waals surface area contributed by atoms with Crippen LogP contribution in [0.4, 0.5) is 11.4 Å². The van der Waals surface area contributed by atoms with Crippen molar-refractivity contribution in [1.82, 2.24) is 19.8 Å². The van der Waals surface area contributed by atoms with E-state index in [0.29, 0.717) is 42.4 Å². The molecule has 12 heteroatoms. The van der Waals surface area contributed by atoms with Crippen molar-refractivity contribution in [3.05, 3.63) is 44.0 Å². The van der Waals surface area contributed by atoms with Gasteiger partial charge in [-0.3, -0.25) is 14.4 Å². The number of rotatable bonds is 5. The van der Waals surface area contributed by atoms with Crippen LogP contribution in [0.2, 0.25) is 0 Å². The van der Waals surface area contributed by atoms with E-state index in [-0.39, 0.29) is 34.4 Å². The van der Waals surface area contributed by atoms with Gasteiger partial charge in [-0.15, -0.1) is 22.7 Å². The van der Waals surface area contributed by atoms with Crippen molar-refractivity contribution in [2.75, 3.05) is 39.7 Å². The van der Waals surface area contributed by atoms with E-state index in [2.05, 4.69) is 9.97 Å². The number of aromatic nitrogens is 2. The molecule has 10 nitrogen and oxygen atoms in total. The minimum Gasteiger partial charge on any atom is -0.496 e. The molecule has 0 radical (unpaired) electrons. The molecule has 0 aliphatic carbocycles. The number of amides is 2. The number of carbonyl (C=O) groups excluding carboxylic acids is 2. The molecular weight excluding hydrogens is 464 g/mol. The second kappa shape index (κ2) is 8.37. The maximum atomic E-state index is 13.1. The van der Waals surface area contributed by atoms with Crippen molar-refractivity contribution < 1.29 is 14.3 Å². The Balaban J connectivity index is 1.69. The van der Waals surface area contributed by atoms with Crippen LogP contribution >= 0.6 is 22.7 Å². The lowest BCUT2D eigenvalue weighted by Crippen LogP contribution is -2.26. The van der Waals surface area contributed by atoms with Gasteiger partial charge < -0.3 is 31.0 Å². The molecule has 33 heavy (non-hydrogen) atoms. The Kier molecular flexibility index (Phi) is 5.72. The van der Waals surface area contributed by atoms with Crippen LogP contribution in [-0.2, 0) is 6.54 Å². The van der Waals surface area contributed by atoms with Gasteiger partial charge in [-0.1, -0.05) is 0 Å². The summed E-state index contributed by atoms with van der Waals surface area (Å²) in [7, 11) is 6.43. The number of anilines is 2. The zero-order valence-corrected chi connectivity index (χ0v) is 20.0. The van der Waals surface area contributed by atoms with Gasteiger partial charge in [0.15, 0.2) is 5.43 Å². The van der Waals surface area contributed by atoms with Gasteiger partial charge in [-0.25, -0.2) is 4.98 Å². The van der Waals surface area contributed by atoms with Gasteiger partial charge in [0.2, 0.25) is 0 Å². The van der Waals surface area contributed by atoms with Crippen LogP contribution in [0.15, 0.2) is 23.1 Å². The second-order valence-corrected chi connectivity index (χ2v) is 9.61. The highest BCUT2D eigenvalue weighted by Gasteiger charge is 2.24. The molecule has 0 aromatic carbocycles. The summed E-state index contributed by atoms with van der Waals surface area (Å²) < 4.78 is 5.50. The van der Waals surface area contributed by atoms with Crippen LogP contribution in [0, 0.1) is 0 Å². The molecule has 0 fully saturated rings. The van der Waals surface area contributed by atoms with Crippen LogP contribution < -0.4 is 21.6 Å². The molecule has 0 aliphatic heterocycles. The molecule has 5 N–H and O–H groups in total. The highest BCUT2D eigenvalue weighted by atomic mass is 32.1. The van der Waals surface area contributed by atoms with E-state index >= 15 is 0 Å². The third-order valence-corrected chi connectivity index (χ3v) is 7.33. The quantitative estimate of drug-likeness (QED) is 0.392. The summed E-state index contributed by atoms with van der Waals surface area (Å²) in [6, 6.07) is 3.06. The zero-order chi connectivity index (χ0) is 24.0. The number of nitrogens with two attached hydrogens (primary N) is 2. The summed E-state index contributed by atoms with van der Waals surface area (Å²) in [5.74, 6) is -0.0907. The lowest BCUT2D eigenvalue weighted by atomic mass is 10.2. The second-order valence-electron chi connectivity index (χ2n) is 7.59. The van der Waals surface area contributed by atoms with E-state index in [0.717, 1.165) is 11.3 Å². The molecule has 0 saturated heterocycles. The normalized spacial score (nSPS) is 11.2. The van der Waals surface area contributed by atoms with Gasteiger partial charge in [0.05, 0.1) is 41.5 Å². The summed E-state index contributed by atoms with van der Waals surface area (Å²) in [6.45, 7) is 0.154. The molecule has 4 aromatic heterocycles. The zero-order valence-electron chi connectivity index (χ0n) is 18.4. The molecule has 4 rings (SSSR count). The van der Waals surface area contributed by atoms with Crippen molar-refractivity contribution in [3.63, 3.8) is 0 Å². The Hall–Kier alpha value is -3.64. The number of carbonyl (C=O) groups is 2.